The minimum absolute atomic E-state index is 0.0733. The summed E-state index contributed by atoms with van der Waals surface area (Å²) in [6.07, 6.45) is -0.426. The van der Waals surface area contributed by atoms with E-state index >= 15 is 0 Å². The number of aliphatic hydroxyl groups is 1. The summed E-state index contributed by atoms with van der Waals surface area (Å²) in [7, 11) is 1.83. The Morgan fingerprint density at radius 3 is 2.40 bits per heavy atom. The Balaban J connectivity index is 2.75. The lowest BCUT2D eigenvalue weighted by atomic mass is 10.2. The number of benzene rings is 1. The summed E-state index contributed by atoms with van der Waals surface area (Å²) in [5, 5.41) is 19.6. The third-order valence-corrected chi connectivity index (χ3v) is 2.04. The van der Waals surface area contributed by atoms with Crippen LogP contribution in [0.1, 0.15) is 6.92 Å². The van der Waals surface area contributed by atoms with Gasteiger partial charge in [-0.25, -0.2) is 0 Å². The number of nitro groups is 1. The predicted octanol–water partition coefficient (Wildman–Crippen LogP) is 1.41. The summed E-state index contributed by atoms with van der Waals surface area (Å²) >= 11 is 0. The molecule has 0 saturated carbocycles. The minimum Gasteiger partial charge on any atom is -0.392 e. The number of rotatable bonds is 4. The van der Waals surface area contributed by atoms with Gasteiger partial charge < -0.3 is 10.0 Å². The second kappa shape index (κ2) is 4.75. The molecule has 0 aromatic heterocycles. The third-order valence-electron chi connectivity index (χ3n) is 2.04. The molecule has 0 amide bonds. The van der Waals surface area contributed by atoms with Crippen LogP contribution in [0.4, 0.5) is 11.4 Å². The lowest BCUT2D eigenvalue weighted by molar-refractivity contribution is -0.384. The first-order valence-electron chi connectivity index (χ1n) is 4.64. The molecule has 0 radical (unpaired) electrons. The van der Waals surface area contributed by atoms with Crippen LogP contribution in [-0.2, 0) is 0 Å². The number of hydrogen-bond donors (Lipinski definition) is 1. The van der Waals surface area contributed by atoms with E-state index in [1.54, 1.807) is 19.1 Å². The molecule has 0 bridgehead atoms. The van der Waals surface area contributed by atoms with Gasteiger partial charge in [0.1, 0.15) is 0 Å². The van der Waals surface area contributed by atoms with Gasteiger partial charge in [0.2, 0.25) is 0 Å². The third kappa shape index (κ3) is 3.21. The first kappa shape index (κ1) is 11.5. The van der Waals surface area contributed by atoms with Gasteiger partial charge in [-0.3, -0.25) is 10.1 Å². The van der Waals surface area contributed by atoms with E-state index in [1.165, 1.54) is 12.1 Å². The number of anilines is 1. The summed E-state index contributed by atoms with van der Waals surface area (Å²) in [5.41, 5.74) is 0.922. The Morgan fingerprint density at radius 1 is 1.47 bits per heavy atom. The molecule has 0 aliphatic carbocycles. The fourth-order valence-corrected chi connectivity index (χ4v) is 1.33. The molecule has 82 valence electrons. The molecule has 1 atom stereocenters. The largest absolute Gasteiger partial charge is 0.392 e. The molecule has 0 heterocycles. The quantitative estimate of drug-likeness (QED) is 0.602. The van der Waals surface area contributed by atoms with Crippen LogP contribution in [0.5, 0.6) is 0 Å². The standard InChI is InChI=1S/C10H14N2O3/c1-8(13)7-11(2)9-3-5-10(6-4-9)12(14)15/h3-6,8,13H,7H2,1-2H3. The summed E-state index contributed by atoms with van der Waals surface area (Å²) in [6.45, 7) is 2.19. The van der Waals surface area contributed by atoms with Crippen molar-refractivity contribution < 1.29 is 10.0 Å². The first-order valence-corrected chi connectivity index (χ1v) is 4.64. The van der Waals surface area contributed by atoms with Crippen molar-refractivity contribution in [2.75, 3.05) is 18.5 Å². The SMILES string of the molecule is CC(O)CN(C)c1ccc([N+](=O)[O-])cc1. The van der Waals surface area contributed by atoms with Gasteiger partial charge in [0.05, 0.1) is 11.0 Å². The second-order valence-corrected chi connectivity index (χ2v) is 3.50. The summed E-state index contributed by atoms with van der Waals surface area (Å²) in [4.78, 5) is 11.8. The van der Waals surface area contributed by atoms with Crippen molar-refractivity contribution in [1.82, 2.24) is 0 Å². The van der Waals surface area contributed by atoms with Crippen molar-refractivity contribution in [2.45, 2.75) is 13.0 Å². The lowest BCUT2D eigenvalue weighted by Gasteiger charge is -2.20. The van der Waals surface area contributed by atoms with Crippen molar-refractivity contribution in [3.8, 4) is 0 Å². The molecule has 15 heavy (non-hydrogen) atoms. The second-order valence-electron chi connectivity index (χ2n) is 3.50. The van der Waals surface area contributed by atoms with Crippen LogP contribution in [-0.4, -0.2) is 29.7 Å². The zero-order valence-corrected chi connectivity index (χ0v) is 8.75. The summed E-state index contributed by atoms with van der Waals surface area (Å²) in [5.74, 6) is 0. The molecule has 1 unspecified atom stereocenters. The van der Waals surface area contributed by atoms with Crippen LogP contribution in [0.25, 0.3) is 0 Å². The van der Waals surface area contributed by atoms with E-state index in [0.717, 1.165) is 5.69 Å². The van der Waals surface area contributed by atoms with Crippen LogP contribution < -0.4 is 4.90 Å². The number of nitro benzene ring substituents is 1. The maximum absolute atomic E-state index is 10.4. The maximum atomic E-state index is 10.4. The Labute approximate surface area is 88.1 Å². The molecule has 5 nitrogen and oxygen atoms in total. The number of nitrogens with zero attached hydrogens (tertiary/aromatic N) is 2. The maximum Gasteiger partial charge on any atom is 0.269 e. The van der Waals surface area contributed by atoms with E-state index in [1.807, 2.05) is 11.9 Å². The summed E-state index contributed by atoms with van der Waals surface area (Å²) < 4.78 is 0. The van der Waals surface area contributed by atoms with Crippen LogP contribution in [0, 0.1) is 10.1 Å². The van der Waals surface area contributed by atoms with Crippen molar-refractivity contribution in [3.63, 3.8) is 0 Å². The van der Waals surface area contributed by atoms with Crippen LogP contribution >= 0.6 is 0 Å². The predicted molar refractivity (Wildman–Crippen MR) is 58.0 cm³/mol. The van der Waals surface area contributed by atoms with E-state index in [-0.39, 0.29) is 5.69 Å². The molecule has 1 rings (SSSR count). The number of likely N-dealkylation sites (N-methyl/N-ethyl adjacent to an activating group) is 1. The van der Waals surface area contributed by atoms with Gasteiger partial charge in [0.25, 0.3) is 5.69 Å². The Bertz CT molecular complexity index is 335. The fraction of sp³-hybridized carbons (Fsp3) is 0.400. The smallest absolute Gasteiger partial charge is 0.269 e. The van der Waals surface area contributed by atoms with Gasteiger partial charge in [-0.15, -0.1) is 0 Å². The normalized spacial score (nSPS) is 12.2. The molecule has 0 aliphatic rings. The van der Waals surface area contributed by atoms with Crippen molar-refractivity contribution >= 4 is 11.4 Å². The Kier molecular flexibility index (Phi) is 3.62. The lowest BCUT2D eigenvalue weighted by Crippen LogP contribution is -2.26. The van der Waals surface area contributed by atoms with Crippen molar-refractivity contribution in [3.05, 3.63) is 34.4 Å². The minimum atomic E-state index is -0.432. The molecule has 5 heteroatoms. The van der Waals surface area contributed by atoms with Gasteiger partial charge >= 0.3 is 0 Å². The molecule has 1 N–H and O–H groups in total. The molecule has 0 spiro atoms. The van der Waals surface area contributed by atoms with Crippen LogP contribution in [0.15, 0.2) is 24.3 Å². The first-order chi connectivity index (χ1) is 7.00. The van der Waals surface area contributed by atoms with E-state index in [9.17, 15) is 15.2 Å². The van der Waals surface area contributed by atoms with Gasteiger partial charge in [-0.1, -0.05) is 0 Å². The number of aliphatic hydroxyl groups excluding tert-OH is 1. The zero-order valence-electron chi connectivity index (χ0n) is 8.75. The number of hydrogen-bond acceptors (Lipinski definition) is 4. The highest BCUT2D eigenvalue weighted by atomic mass is 16.6. The van der Waals surface area contributed by atoms with Gasteiger partial charge in [-0.2, -0.15) is 0 Å². The molecule has 0 fully saturated rings. The monoisotopic (exact) mass is 210 g/mol. The van der Waals surface area contributed by atoms with E-state index in [0.29, 0.717) is 6.54 Å². The highest BCUT2D eigenvalue weighted by molar-refractivity contribution is 5.50. The summed E-state index contributed by atoms with van der Waals surface area (Å²) in [6, 6.07) is 6.24. The molecule has 0 aliphatic heterocycles. The van der Waals surface area contributed by atoms with Crippen LogP contribution in [0.2, 0.25) is 0 Å². The molecular formula is C10H14N2O3. The highest BCUT2D eigenvalue weighted by Crippen LogP contribution is 2.18. The molecular weight excluding hydrogens is 196 g/mol. The van der Waals surface area contributed by atoms with E-state index in [4.69, 9.17) is 0 Å². The van der Waals surface area contributed by atoms with Gasteiger partial charge in [0.15, 0.2) is 0 Å². The molecule has 1 aromatic carbocycles. The van der Waals surface area contributed by atoms with Crippen molar-refractivity contribution in [1.29, 1.82) is 0 Å². The average Bonchev–Trinajstić information content (AvgIpc) is 2.17. The fourth-order valence-electron chi connectivity index (χ4n) is 1.33. The van der Waals surface area contributed by atoms with E-state index < -0.39 is 11.0 Å². The average molecular weight is 210 g/mol. The van der Waals surface area contributed by atoms with Crippen LogP contribution in [0.3, 0.4) is 0 Å². The topological polar surface area (TPSA) is 66.6 Å². The van der Waals surface area contributed by atoms with Gasteiger partial charge in [-0.05, 0) is 19.1 Å². The molecule has 1 aromatic rings. The van der Waals surface area contributed by atoms with Gasteiger partial charge in [0, 0.05) is 31.4 Å². The Morgan fingerprint density at radius 2 is 2.00 bits per heavy atom. The van der Waals surface area contributed by atoms with E-state index in [2.05, 4.69) is 0 Å². The van der Waals surface area contributed by atoms with Crippen molar-refractivity contribution in [2.24, 2.45) is 0 Å². The number of non-ortho nitro benzene ring substituents is 1. The molecule has 0 saturated heterocycles. The highest BCUT2D eigenvalue weighted by Gasteiger charge is 2.07. The zero-order chi connectivity index (χ0) is 11.4. The Hall–Kier alpha value is -1.62.